The third kappa shape index (κ3) is 51.0. The molecule has 0 saturated carbocycles. The van der Waals surface area contributed by atoms with Crippen molar-refractivity contribution in [2.45, 2.75) is 340 Å². The average Bonchev–Trinajstić information content (AvgIpc) is 3.35. The SMILES string of the molecule is CCCCCCCC/C=C/CC/C=C/CCCC(O)C(O)C(CO)NC(=O)C(O)CCCCCCCCCCCCCCCCCC/C=C\C/C=C\CCCCCCCCCCCCCCCCC. The molecule has 5 N–H and O–H groups in total. The van der Waals surface area contributed by atoms with Gasteiger partial charge in [0.1, 0.15) is 12.2 Å². The Balaban J connectivity index is 3.56. The number of aliphatic hydroxyl groups excluding tert-OH is 4. The van der Waals surface area contributed by atoms with Crippen LogP contribution in [-0.4, -0.2) is 57.3 Å². The second-order valence-electron chi connectivity index (χ2n) is 21.0. The zero-order chi connectivity index (χ0) is 50.2. The van der Waals surface area contributed by atoms with E-state index in [1.165, 1.54) is 238 Å². The number of aliphatic hydroxyl groups is 4. The summed E-state index contributed by atoms with van der Waals surface area (Å²) in [5, 5.41) is 43.9. The lowest BCUT2D eigenvalue weighted by molar-refractivity contribution is -0.132. The lowest BCUT2D eigenvalue weighted by Gasteiger charge is -2.27. The Morgan fingerprint density at radius 1 is 0.362 bits per heavy atom. The van der Waals surface area contributed by atoms with Crippen molar-refractivity contribution in [3.8, 4) is 0 Å². The molecule has 1 amide bonds. The maximum atomic E-state index is 12.6. The van der Waals surface area contributed by atoms with Gasteiger partial charge in [0.15, 0.2) is 0 Å². The molecular weight excluding hydrogens is 851 g/mol. The number of carbonyl (C=O) groups excluding carboxylic acids is 1. The smallest absolute Gasteiger partial charge is 0.249 e. The Kier molecular flexibility index (Phi) is 55.7. The first-order chi connectivity index (χ1) is 34.0. The summed E-state index contributed by atoms with van der Waals surface area (Å²) in [6.07, 6.45) is 73.6. The van der Waals surface area contributed by atoms with Crippen molar-refractivity contribution in [2.75, 3.05) is 6.61 Å². The number of carbonyl (C=O) groups is 1. The molecule has 0 aliphatic rings. The zero-order valence-corrected chi connectivity index (χ0v) is 46.1. The number of allylic oxidation sites excluding steroid dienone is 8. The highest BCUT2D eigenvalue weighted by molar-refractivity contribution is 5.80. The Bertz CT molecular complexity index is 1130. The largest absolute Gasteiger partial charge is 0.394 e. The van der Waals surface area contributed by atoms with Crippen LogP contribution in [0.15, 0.2) is 48.6 Å². The van der Waals surface area contributed by atoms with Crippen molar-refractivity contribution < 1.29 is 25.2 Å². The van der Waals surface area contributed by atoms with E-state index in [0.717, 1.165) is 44.9 Å². The minimum atomic E-state index is -1.29. The van der Waals surface area contributed by atoms with Gasteiger partial charge in [-0.3, -0.25) is 4.79 Å². The molecule has 406 valence electrons. The number of hydrogen-bond acceptors (Lipinski definition) is 5. The van der Waals surface area contributed by atoms with Crippen LogP contribution in [0.3, 0.4) is 0 Å². The van der Waals surface area contributed by atoms with Crippen LogP contribution in [0.1, 0.15) is 316 Å². The Morgan fingerprint density at radius 2 is 0.652 bits per heavy atom. The fraction of sp³-hybridized carbons (Fsp3) is 0.857. The third-order valence-corrected chi connectivity index (χ3v) is 14.2. The predicted octanol–water partition coefficient (Wildman–Crippen LogP) is 18.1. The molecule has 0 bridgehead atoms. The van der Waals surface area contributed by atoms with Gasteiger partial charge in [0, 0.05) is 0 Å². The second-order valence-corrected chi connectivity index (χ2v) is 21.0. The number of rotatable bonds is 56. The van der Waals surface area contributed by atoms with E-state index in [0.29, 0.717) is 19.3 Å². The van der Waals surface area contributed by atoms with Crippen molar-refractivity contribution >= 4 is 5.91 Å². The predicted molar refractivity (Wildman–Crippen MR) is 302 cm³/mol. The molecule has 0 spiro atoms. The van der Waals surface area contributed by atoms with Gasteiger partial charge in [-0.05, 0) is 83.5 Å². The van der Waals surface area contributed by atoms with Crippen LogP contribution >= 0.6 is 0 Å². The average molecular weight is 971 g/mol. The van der Waals surface area contributed by atoms with Gasteiger partial charge in [0.2, 0.25) is 5.91 Å². The molecule has 0 aromatic carbocycles. The molecule has 0 aromatic heterocycles. The Hall–Kier alpha value is -1.73. The molecular formula is C63H119NO5. The van der Waals surface area contributed by atoms with Gasteiger partial charge >= 0.3 is 0 Å². The molecule has 4 unspecified atom stereocenters. The van der Waals surface area contributed by atoms with Gasteiger partial charge in [-0.1, -0.05) is 281 Å². The zero-order valence-electron chi connectivity index (χ0n) is 46.1. The quantitative estimate of drug-likeness (QED) is 0.0308. The molecule has 0 radical (unpaired) electrons. The molecule has 6 nitrogen and oxygen atoms in total. The van der Waals surface area contributed by atoms with Crippen molar-refractivity contribution in [2.24, 2.45) is 0 Å². The van der Waals surface area contributed by atoms with Gasteiger partial charge in [-0.15, -0.1) is 0 Å². The summed E-state index contributed by atoms with van der Waals surface area (Å²) in [6.45, 7) is 4.05. The summed E-state index contributed by atoms with van der Waals surface area (Å²) in [5.41, 5.74) is 0. The summed E-state index contributed by atoms with van der Waals surface area (Å²) in [6, 6.07) is -1.01. The summed E-state index contributed by atoms with van der Waals surface area (Å²) in [4.78, 5) is 12.6. The van der Waals surface area contributed by atoms with Crippen LogP contribution in [0, 0.1) is 0 Å². The molecule has 0 rings (SSSR count). The second kappa shape index (κ2) is 57.2. The van der Waals surface area contributed by atoms with Crippen molar-refractivity contribution in [1.82, 2.24) is 5.32 Å². The number of unbranched alkanes of at least 4 members (excludes halogenated alkanes) is 39. The molecule has 6 heteroatoms. The van der Waals surface area contributed by atoms with Crippen LogP contribution in [0.4, 0.5) is 0 Å². The van der Waals surface area contributed by atoms with E-state index >= 15 is 0 Å². The van der Waals surface area contributed by atoms with Gasteiger partial charge in [0.25, 0.3) is 0 Å². The van der Waals surface area contributed by atoms with Crippen LogP contribution in [0.2, 0.25) is 0 Å². The van der Waals surface area contributed by atoms with Crippen LogP contribution in [0.5, 0.6) is 0 Å². The lowest BCUT2D eigenvalue weighted by Crippen LogP contribution is -2.53. The maximum absolute atomic E-state index is 12.6. The van der Waals surface area contributed by atoms with E-state index in [1.807, 2.05) is 0 Å². The molecule has 0 fully saturated rings. The maximum Gasteiger partial charge on any atom is 0.249 e. The minimum absolute atomic E-state index is 0.360. The van der Waals surface area contributed by atoms with Crippen molar-refractivity contribution in [1.29, 1.82) is 0 Å². The van der Waals surface area contributed by atoms with Gasteiger partial charge in [-0.2, -0.15) is 0 Å². The highest BCUT2D eigenvalue weighted by Crippen LogP contribution is 2.17. The Labute approximate surface area is 429 Å². The van der Waals surface area contributed by atoms with Gasteiger partial charge < -0.3 is 25.7 Å². The highest BCUT2D eigenvalue weighted by Gasteiger charge is 2.28. The van der Waals surface area contributed by atoms with Crippen molar-refractivity contribution in [3.63, 3.8) is 0 Å². The molecule has 0 aliphatic heterocycles. The van der Waals surface area contributed by atoms with Crippen LogP contribution in [0.25, 0.3) is 0 Å². The van der Waals surface area contributed by atoms with Crippen LogP contribution in [-0.2, 0) is 4.79 Å². The molecule has 4 atom stereocenters. The standard InChI is InChI=1S/C63H119NO5/c1-3-5-7-9-11-13-15-17-19-20-21-22-23-24-25-26-27-28-29-30-31-32-33-34-35-36-37-38-39-40-41-43-45-47-49-51-53-55-57-61(67)63(69)64-59(58-65)62(68)60(66)56-54-52-50-48-46-44-42-18-16-14-12-10-8-6-4-2/h18,27-28,30-31,42,48,50,59-62,65-68H,3-17,19-26,29,32-41,43-47,49,51-58H2,1-2H3,(H,64,69)/b28-27-,31-30-,42-18+,50-48+. The van der Waals surface area contributed by atoms with E-state index in [4.69, 9.17) is 0 Å². The van der Waals surface area contributed by atoms with E-state index < -0.39 is 36.9 Å². The summed E-state index contributed by atoms with van der Waals surface area (Å²) in [5.74, 6) is -0.596. The molecule has 0 aliphatic carbocycles. The molecule has 0 aromatic rings. The van der Waals surface area contributed by atoms with Gasteiger partial charge in [0.05, 0.1) is 18.8 Å². The number of hydrogen-bond donors (Lipinski definition) is 5. The topological polar surface area (TPSA) is 110 Å². The molecule has 0 heterocycles. The number of nitrogens with one attached hydrogen (secondary N) is 1. The normalized spacial score (nSPS) is 14.0. The molecule has 69 heavy (non-hydrogen) atoms. The van der Waals surface area contributed by atoms with Gasteiger partial charge in [-0.25, -0.2) is 0 Å². The third-order valence-electron chi connectivity index (χ3n) is 14.2. The van der Waals surface area contributed by atoms with Crippen LogP contribution < -0.4 is 5.32 Å². The fourth-order valence-corrected chi connectivity index (χ4v) is 9.45. The van der Waals surface area contributed by atoms with E-state index in [1.54, 1.807) is 0 Å². The van der Waals surface area contributed by atoms with E-state index in [9.17, 15) is 25.2 Å². The fourth-order valence-electron chi connectivity index (χ4n) is 9.45. The monoisotopic (exact) mass is 970 g/mol. The van der Waals surface area contributed by atoms with E-state index in [2.05, 4.69) is 67.8 Å². The summed E-state index contributed by atoms with van der Waals surface area (Å²) >= 11 is 0. The summed E-state index contributed by atoms with van der Waals surface area (Å²) in [7, 11) is 0. The summed E-state index contributed by atoms with van der Waals surface area (Å²) < 4.78 is 0. The Morgan fingerprint density at radius 3 is 1.00 bits per heavy atom. The first-order valence-corrected chi connectivity index (χ1v) is 30.5. The first-order valence-electron chi connectivity index (χ1n) is 30.5. The first kappa shape index (κ1) is 67.3. The highest BCUT2D eigenvalue weighted by atomic mass is 16.3. The minimum Gasteiger partial charge on any atom is -0.394 e. The van der Waals surface area contributed by atoms with Crippen molar-refractivity contribution in [3.05, 3.63) is 48.6 Å². The lowest BCUT2D eigenvalue weighted by atomic mass is 10.00. The molecule has 0 saturated heterocycles. The number of amides is 1. The van der Waals surface area contributed by atoms with E-state index in [-0.39, 0.29) is 0 Å².